The number of hydrogen-bond acceptors (Lipinski definition) is 4. The van der Waals surface area contributed by atoms with Gasteiger partial charge in [-0.05, 0) is 42.3 Å². The van der Waals surface area contributed by atoms with E-state index in [0.717, 1.165) is 5.56 Å². The Morgan fingerprint density at radius 3 is 2.56 bits per heavy atom. The Labute approximate surface area is 155 Å². The van der Waals surface area contributed by atoms with Crippen molar-refractivity contribution in [1.29, 1.82) is 0 Å². The van der Waals surface area contributed by atoms with Crippen molar-refractivity contribution in [2.75, 3.05) is 26.9 Å². The Bertz CT molecular complexity index is 757. The molecule has 1 heterocycles. The molecule has 7 heteroatoms. The lowest BCUT2D eigenvalue weighted by atomic mass is 10.1. The standard InChI is InChI=1S/C18H17Cl2NO4/c1-23-15-8-12(9-16-17(15)25-5-4-24-16)18(22)21-3-2-11-6-13(19)10-14(20)7-11/h6-10H,2-5H2,1H3,(H,21,22). The first-order chi connectivity index (χ1) is 12.1. The summed E-state index contributed by atoms with van der Waals surface area (Å²) in [5, 5.41) is 4.02. The molecule has 5 nitrogen and oxygen atoms in total. The van der Waals surface area contributed by atoms with E-state index < -0.39 is 0 Å². The highest BCUT2D eigenvalue weighted by Gasteiger charge is 2.20. The number of fused-ring (bicyclic) bond motifs is 1. The minimum atomic E-state index is -0.219. The third kappa shape index (κ3) is 4.30. The van der Waals surface area contributed by atoms with Gasteiger partial charge in [0.1, 0.15) is 13.2 Å². The van der Waals surface area contributed by atoms with Crippen LogP contribution in [0.4, 0.5) is 0 Å². The summed E-state index contributed by atoms with van der Waals surface area (Å²) in [7, 11) is 1.53. The fourth-order valence-corrected chi connectivity index (χ4v) is 3.15. The molecule has 0 saturated heterocycles. The summed E-state index contributed by atoms with van der Waals surface area (Å²) in [5.74, 6) is 1.30. The zero-order chi connectivity index (χ0) is 17.8. The molecule has 1 amide bonds. The molecule has 0 bridgehead atoms. The van der Waals surface area contributed by atoms with Gasteiger partial charge < -0.3 is 19.5 Å². The molecule has 0 unspecified atom stereocenters. The lowest BCUT2D eigenvalue weighted by Gasteiger charge is -2.21. The van der Waals surface area contributed by atoms with Crippen molar-refractivity contribution in [2.45, 2.75) is 6.42 Å². The molecule has 1 aliphatic rings. The minimum Gasteiger partial charge on any atom is -0.493 e. The van der Waals surface area contributed by atoms with Crippen LogP contribution in [-0.4, -0.2) is 32.8 Å². The second-order valence-corrected chi connectivity index (χ2v) is 6.36. The topological polar surface area (TPSA) is 56.8 Å². The van der Waals surface area contributed by atoms with E-state index >= 15 is 0 Å². The number of hydrogen-bond donors (Lipinski definition) is 1. The fourth-order valence-electron chi connectivity index (χ4n) is 2.58. The first-order valence-corrected chi connectivity index (χ1v) is 8.53. The number of nitrogens with one attached hydrogen (secondary N) is 1. The maximum absolute atomic E-state index is 12.4. The molecule has 2 aromatic rings. The molecular formula is C18H17Cl2NO4. The Morgan fingerprint density at radius 1 is 1.12 bits per heavy atom. The number of carbonyl (C=O) groups is 1. The van der Waals surface area contributed by atoms with Crippen molar-refractivity contribution in [3.8, 4) is 17.2 Å². The van der Waals surface area contributed by atoms with E-state index in [0.29, 0.717) is 59.0 Å². The van der Waals surface area contributed by atoms with Gasteiger partial charge in [-0.3, -0.25) is 4.79 Å². The highest BCUT2D eigenvalue weighted by molar-refractivity contribution is 6.34. The average molecular weight is 382 g/mol. The second kappa shape index (κ2) is 7.85. The van der Waals surface area contributed by atoms with Crippen LogP contribution in [0.2, 0.25) is 10.0 Å². The largest absolute Gasteiger partial charge is 0.493 e. The lowest BCUT2D eigenvalue weighted by molar-refractivity contribution is 0.0952. The number of methoxy groups -OCH3 is 1. The van der Waals surface area contributed by atoms with Crippen molar-refractivity contribution in [1.82, 2.24) is 5.32 Å². The number of benzene rings is 2. The van der Waals surface area contributed by atoms with Gasteiger partial charge in [0.15, 0.2) is 11.5 Å². The van der Waals surface area contributed by atoms with Crippen LogP contribution in [0.25, 0.3) is 0 Å². The van der Waals surface area contributed by atoms with Crippen LogP contribution < -0.4 is 19.5 Å². The minimum absolute atomic E-state index is 0.219. The lowest BCUT2D eigenvalue weighted by Crippen LogP contribution is -2.26. The molecule has 132 valence electrons. The Kier molecular flexibility index (Phi) is 5.56. The van der Waals surface area contributed by atoms with E-state index in [-0.39, 0.29) is 5.91 Å². The first-order valence-electron chi connectivity index (χ1n) is 7.77. The van der Waals surface area contributed by atoms with Crippen LogP contribution in [0.3, 0.4) is 0 Å². The fraction of sp³-hybridized carbons (Fsp3) is 0.278. The van der Waals surface area contributed by atoms with Crippen LogP contribution in [0.15, 0.2) is 30.3 Å². The molecule has 3 rings (SSSR count). The van der Waals surface area contributed by atoms with Gasteiger partial charge in [-0.1, -0.05) is 23.2 Å². The van der Waals surface area contributed by atoms with Gasteiger partial charge in [0.2, 0.25) is 5.75 Å². The summed E-state index contributed by atoms with van der Waals surface area (Å²) in [4.78, 5) is 12.4. The zero-order valence-electron chi connectivity index (χ0n) is 13.6. The molecular weight excluding hydrogens is 365 g/mol. The maximum Gasteiger partial charge on any atom is 0.251 e. The van der Waals surface area contributed by atoms with Crippen LogP contribution in [0, 0.1) is 0 Å². The summed E-state index contributed by atoms with van der Waals surface area (Å²) >= 11 is 12.0. The third-order valence-corrected chi connectivity index (χ3v) is 4.15. The van der Waals surface area contributed by atoms with Gasteiger partial charge in [0.25, 0.3) is 5.91 Å². The van der Waals surface area contributed by atoms with E-state index in [1.165, 1.54) is 7.11 Å². The molecule has 0 aliphatic carbocycles. The summed E-state index contributed by atoms with van der Waals surface area (Å²) < 4.78 is 16.4. The highest BCUT2D eigenvalue weighted by atomic mass is 35.5. The SMILES string of the molecule is COc1cc(C(=O)NCCc2cc(Cl)cc(Cl)c2)cc2c1OCCO2. The molecule has 1 aliphatic heterocycles. The highest BCUT2D eigenvalue weighted by Crippen LogP contribution is 2.40. The van der Waals surface area contributed by atoms with Crippen molar-refractivity contribution >= 4 is 29.1 Å². The first kappa shape index (κ1) is 17.7. The van der Waals surface area contributed by atoms with Crippen LogP contribution in [-0.2, 0) is 6.42 Å². The molecule has 0 fully saturated rings. The summed E-state index contributed by atoms with van der Waals surface area (Å²) in [5.41, 5.74) is 1.41. The third-order valence-electron chi connectivity index (χ3n) is 3.71. The number of ether oxygens (including phenoxy) is 3. The molecule has 0 radical (unpaired) electrons. The van der Waals surface area contributed by atoms with Gasteiger partial charge in [-0.15, -0.1) is 0 Å². The Morgan fingerprint density at radius 2 is 1.84 bits per heavy atom. The van der Waals surface area contributed by atoms with Gasteiger partial charge in [0.05, 0.1) is 7.11 Å². The van der Waals surface area contributed by atoms with Crippen molar-refractivity contribution < 1.29 is 19.0 Å². The summed E-state index contributed by atoms with van der Waals surface area (Å²) in [6.45, 7) is 1.35. The van der Waals surface area contributed by atoms with Gasteiger partial charge >= 0.3 is 0 Å². The molecule has 25 heavy (non-hydrogen) atoms. The number of rotatable bonds is 5. The summed E-state index contributed by atoms with van der Waals surface area (Å²) in [6, 6.07) is 8.62. The summed E-state index contributed by atoms with van der Waals surface area (Å²) in [6.07, 6.45) is 0.619. The monoisotopic (exact) mass is 381 g/mol. The van der Waals surface area contributed by atoms with E-state index in [2.05, 4.69) is 5.32 Å². The number of carbonyl (C=O) groups excluding carboxylic acids is 1. The van der Waals surface area contributed by atoms with Crippen LogP contribution in [0.5, 0.6) is 17.2 Å². The molecule has 2 aromatic carbocycles. The van der Waals surface area contributed by atoms with Crippen LogP contribution >= 0.6 is 23.2 Å². The Balaban J connectivity index is 1.67. The molecule has 0 saturated carbocycles. The van der Waals surface area contributed by atoms with Gasteiger partial charge in [-0.25, -0.2) is 0 Å². The smallest absolute Gasteiger partial charge is 0.251 e. The van der Waals surface area contributed by atoms with E-state index in [1.807, 2.05) is 12.1 Å². The Hall–Kier alpha value is -2.11. The molecule has 0 spiro atoms. The quantitative estimate of drug-likeness (QED) is 0.856. The van der Waals surface area contributed by atoms with Crippen LogP contribution in [0.1, 0.15) is 15.9 Å². The van der Waals surface area contributed by atoms with Gasteiger partial charge in [0, 0.05) is 22.2 Å². The van der Waals surface area contributed by atoms with E-state index in [1.54, 1.807) is 18.2 Å². The van der Waals surface area contributed by atoms with Crippen molar-refractivity contribution in [3.63, 3.8) is 0 Å². The van der Waals surface area contributed by atoms with E-state index in [9.17, 15) is 4.79 Å². The maximum atomic E-state index is 12.4. The number of amides is 1. The average Bonchev–Trinajstić information content (AvgIpc) is 2.59. The zero-order valence-corrected chi connectivity index (χ0v) is 15.1. The molecule has 0 aromatic heterocycles. The molecule has 0 atom stereocenters. The predicted octanol–water partition coefficient (Wildman–Crippen LogP) is 3.75. The predicted molar refractivity (Wildman–Crippen MR) is 96.5 cm³/mol. The van der Waals surface area contributed by atoms with Crippen molar-refractivity contribution in [3.05, 3.63) is 51.5 Å². The van der Waals surface area contributed by atoms with Crippen molar-refractivity contribution in [2.24, 2.45) is 0 Å². The second-order valence-electron chi connectivity index (χ2n) is 5.49. The van der Waals surface area contributed by atoms with Gasteiger partial charge in [-0.2, -0.15) is 0 Å². The number of halogens is 2. The molecule has 1 N–H and O–H groups in total. The van der Waals surface area contributed by atoms with E-state index in [4.69, 9.17) is 37.4 Å². The normalized spacial score (nSPS) is 12.6.